The Hall–Kier alpha value is -0.480. The zero-order valence-electron chi connectivity index (χ0n) is 5.44. The summed E-state index contributed by atoms with van der Waals surface area (Å²) in [7, 11) is 0. The van der Waals surface area contributed by atoms with E-state index in [1.165, 1.54) is 6.07 Å². The van der Waals surface area contributed by atoms with Gasteiger partial charge in [0.15, 0.2) is 0 Å². The second-order valence-electron chi connectivity index (χ2n) is 2.02. The monoisotopic (exact) mass is 222 g/mol. The Morgan fingerprint density at radius 1 is 1.27 bits per heavy atom. The summed E-state index contributed by atoms with van der Waals surface area (Å²) in [5, 5.41) is 8.55. The van der Waals surface area contributed by atoms with E-state index in [0.717, 1.165) is 6.07 Å². The van der Waals surface area contributed by atoms with Crippen LogP contribution < -0.4 is 0 Å². The first kappa shape index (κ1) is 8.62. The Morgan fingerprint density at radius 3 is 2.45 bits per heavy atom. The van der Waals surface area contributed by atoms with E-state index in [4.69, 9.17) is 5.11 Å². The van der Waals surface area contributed by atoms with Crippen LogP contribution in [0.15, 0.2) is 16.6 Å². The molecular weight excluding hydrogens is 218 g/mol. The largest absolute Gasteiger partial charge is 0.392 e. The molecule has 60 valence electrons. The molecule has 1 nitrogen and oxygen atoms in total. The molecule has 0 saturated carbocycles. The standard InChI is InChI=1S/C7H5BrF2O/c8-5-1-4(3-11)6(9)2-7(5)10/h1-2,11H,3H2. The summed E-state index contributed by atoms with van der Waals surface area (Å²) in [5.74, 6) is -1.40. The second kappa shape index (κ2) is 3.28. The number of benzene rings is 1. The van der Waals surface area contributed by atoms with E-state index in [0.29, 0.717) is 0 Å². The fourth-order valence-corrected chi connectivity index (χ4v) is 1.08. The van der Waals surface area contributed by atoms with E-state index < -0.39 is 18.2 Å². The summed E-state index contributed by atoms with van der Waals surface area (Å²) in [4.78, 5) is 0. The average molecular weight is 223 g/mol. The maximum Gasteiger partial charge on any atom is 0.140 e. The van der Waals surface area contributed by atoms with Gasteiger partial charge in [-0.3, -0.25) is 0 Å². The average Bonchev–Trinajstić information content (AvgIpc) is 1.97. The van der Waals surface area contributed by atoms with Crippen molar-refractivity contribution in [3.63, 3.8) is 0 Å². The van der Waals surface area contributed by atoms with Gasteiger partial charge in [-0.1, -0.05) is 0 Å². The van der Waals surface area contributed by atoms with Crippen molar-refractivity contribution in [1.29, 1.82) is 0 Å². The molecule has 0 unspecified atom stereocenters. The smallest absolute Gasteiger partial charge is 0.140 e. The molecule has 0 fully saturated rings. The van der Waals surface area contributed by atoms with Crippen LogP contribution in [-0.2, 0) is 6.61 Å². The molecule has 1 N–H and O–H groups in total. The molecule has 0 bridgehead atoms. The lowest BCUT2D eigenvalue weighted by atomic mass is 10.2. The maximum absolute atomic E-state index is 12.6. The third-order valence-corrected chi connectivity index (χ3v) is 1.87. The van der Waals surface area contributed by atoms with Crippen LogP contribution in [0.25, 0.3) is 0 Å². The van der Waals surface area contributed by atoms with Gasteiger partial charge in [0.25, 0.3) is 0 Å². The Labute approximate surface area is 70.8 Å². The molecule has 0 aliphatic rings. The highest BCUT2D eigenvalue weighted by molar-refractivity contribution is 9.10. The summed E-state index contributed by atoms with van der Waals surface area (Å²) in [5.41, 5.74) is 0.0817. The predicted octanol–water partition coefficient (Wildman–Crippen LogP) is 2.22. The summed E-state index contributed by atoms with van der Waals surface area (Å²) in [6.07, 6.45) is 0. The molecule has 0 spiro atoms. The van der Waals surface area contributed by atoms with Crippen LogP contribution in [0.1, 0.15) is 5.56 Å². The van der Waals surface area contributed by atoms with E-state index in [9.17, 15) is 8.78 Å². The van der Waals surface area contributed by atoms with Crippen LogP contribution in [-0.4, -0.2) is 5.11 Å². The number of aliphatic hydroxyl groups excluding tert-OH is 1. The van der Waals surface area contributed by atoms with Crippen LogP contribution in [0, 0.1) is 11.6 Å². The highest BCUT2D eigenvalue weighted by Crippen LogP contribution is 2.19. The van der Waals surface area contributed by atoms with Crippen LogP contribution >= 0.6 is 15.9 Å². The number of halogens is 3. The molecular formula is C7H5BrF2O. The first-order valence-corrected chi connectivity index (χ1v) is 3.68. The minimum Gasteiger partial charge on any atom is -0.392 e. The number of hydrogen-bond donors (Lipinski definition) is 1. The van der Waals surface area contributed by atoms with Gasteiger partial charge in [0.1, 0.15) is 11.6 Å². The Balaban J connectivity index is 3.21. The molecule has 0 saturated heterocycles. The quantitative estimate of drug-likeness (QED) is 0.723. The molecule has 0 aromatic heterocycles. The van der Waals surface area contributed by atoms with Crippen molar-refractivity contribution >= 4 is 15.9 Å². The minimum absolute atomic E-state index is 0.0817. The van der Waals surface area contributed by atoms with Crippen LogP contribution in [0.4, 0.5) is 8.78 Å². The van der Waals surface area contributed by atoms with Crippen molar-refractivity contribution in [2.45, 2.75) is 6.61 Å². The maximum atomic E-state index is 12.6. The first-order chi connectivity index (χ1) is 5.15. The summed E-state index contributed by atoms with van der Waals surface area (Å²) < 4.78 is 25.3. The highest BCUT2D eigenvalue weighted by atomic mass is 79.9. The molecule has 1 aromatic carbocycles. The molecule has 1 aromatic rings. The lowest BCUT2D eigenvalue weighted by Gasteiger charge is -1.99. The Bertz CT molecular complexity index is 275. The van der Waals surface area contributed by atoms with Crippen LogP contribution in [0.3, 0.4) is 0 Å². The first-order valence-electron chi connectivity index (χ1n) is 2.89. The van der Waals surface area contributed by atoms with Crippen molar-refractivity contribution in [3.05, 3.63) is 33.8 Å². The number of rotatable bonds is 1. The lowest BCUT2D eigenvalue weighted by Crippen LogP contribution is -1.91. The molecule has 0 aliphatic carbocycles. The van der Waals surface area contributed by atoms with Crippen molar-refractivity contribution in [2.75, 3.05) is 0 Å². The number of hydrogen-bond acceptors (Lipinski definition) is 1. The topological polar surface area (TPSA) is 20.2 Å². The third kappa shape index (κ3) is 1.75. The highest BCUT2D eigenvalue weighted by Gasteiger charge is 2.06. The van der Waals surface area contributed by atoms with E-state index in [2.05, 4.69) is 15.9 Å². The summed E-state index contributed by atoms with van der Waals surface area (Å²) >= 11 is 2.87. The molecule has 0 radical (unpaired) electrons. The SMILES string of the molecule is OCc1cc(Br)c(F)cc1F. The lowest BCUT2D eigenvalue weighted by molar-refractivity contribution is 0.275. The van der Waals surface area contributed by atoms with Gasteiger partial charge in [-0.15, -0.1) is 0 Å². The molecule has 0 aliphatic heterocycles. The summed E-state index contributed by atoms with van der Waals surface area (Å²) in [6.45, 7) is -0.426. The molecule has 4 heteroatoms. The molecule has 0 amide bonds. The molecule has 0 atom stereocenters. The van der Waals surface area contributed by atoms with Gasteiger partial charge in [-0.25, -0.2) is 8.78 Å². The van der Waals surface area contributed by atoms with Crippen LogP contribution in [0.2, 0.25) is 0 Å². The van der Waals surface area contributed by atoms with Crippen molar-refractivity contribution in [3.8, 4) is 0 Å². The zero-order chi connectivity index (χ0) is 8.43. The fourth-order valence-electron chi connectivity index (χ4n) is 0.685. The van der Waals surface area contributed by atoms with Crippen molar-refractivity contribution in [2.24, 2.45) is 0 Å². The van der Waals surface area contributed by atoms with Gasteiger partial charge < -0.3 is 5.11 Å². The normalized spacial score (nSPS) is 10.2. The zero-order valence-corrected chi connectivity index (χ0v) is 7.03. The third-order valence-electron chi connectivity index (χ3n) is 1.26. The number of aliphatic hydroxyl groups is 1. The molecule has 1 rings (SSSR count). The van der Waals surface area contributed by atoms with Gasteiger partial charge in [0, 0.05) is 11.6 Å². The predicted molar refractivity (Wildman–Crippen MR) is 40.0 cm³/mol. The van der Waals surface area contributed by atoms with Gasteiger partial charge in [-0.05, 0) is 22.0 Å². The Morgan fingerprint density at radius 2 is 1.91 bits per heavy atom. The summed E-state index contributed by atoms with van der Waals surface area (Å²) in [6, 6.07) is 1.94. The van der Waals surface area contributed by atoms with Crippen molar-refractivity contribution < 1.29 is 13.9 Å². The second-order valence-corrected chi connectivity index (χ2v) is 2.87. The van der Waals surface area contributed by atoms with Gasteiger partial charge in [0.05, 0.1) is 11.1 Å². The van der Waals surface area contributed by atoms with Crippen molar-refractivity contribution in [1.82, 2.24) is 0 Å². The van der Waals surface area contributed by atoms with Gasteiger partial charge >= 0.3 is 0 Å². The Kier molecular flexibility index (Phi) is 2.57. The van der Waals surface area contributed by atoms with E-state index in [1.807, 2.05) is 0 Å². The van der Waals surface area contributed by atoms with Crippen LogP contribution in [0.5, 0.6) is 0 Å². The fraction of sp³-hybridized carbons (Fsp3) is 0.143. The van der Waals surface area contributed by atoms with E-state index in [1.54, 1.807) is 0 Å². The van der Waals surface area contributed by atoms with E-state index >= 15 is 0 Å². The molecule has 11 heavy (non-hydrogen) atoms. The molecule has 0 heterocycles. The van der Waals surface area contributed by atoms with Gasteiger partial charge in [0.2, 0.25) is 0 Å². The van der Waals surface area contributed by atoms with E-state index in [-0.39, 0.29) is 10.0 Å². The minimum atomic E-state index is -0.729. The van der Waals surface area contributed by atoms with Gasteiger partial charge in [-0.2, -0.15) is 0 Å².